The molecule has 3 aromatic rings. The van der Waals surface area contributed by atoms with Gasteiger partial charge in [-0.05, 0) is 42.2 Å². The fourth-order valence-electron chi connectivity index (χ4n) is 2.18. The quantitative estimate of drug-likeness (QED) is 0.507. The summed E-state index contributed by atoms with van der Waals surface area (Å²) in [6.07, 6.45) is 3.41. The first-order valence-electron chi connectivity index (χ1n) is 7.72. The van der Waals surface area contributed by atoms with E-state index < -0.39 is 0 Å². The summed E-state index contributed by atoms with van der Waals surface area (Å²) in [6, 6.07) is 11.9. The summed E-state index contributed by atoms with van der Waals surface area (Å²) in [4.78, 5) is 1.21. The lowest BCUT2D eigenvalue weighted by Gasteiger charge is -2.07. The van der Waals surface area contributed by atoms with E-state index in [0.29, 0.717) is 17.8 Å². The number of nitrogens with zero attached hydrogens (tertiary/aromatic N) is 3. The monoisotopic (exact) mass is 358 g/mol. The van der Waals surface area contributed by atoms with Crippen molar-refractivity contribution in [1.82, 2.24) is 14.9 Å². The number of ether oxygens (including phenoxy) is 1. The first kappa shape index (κ1) is 16.6. The lowest BCUT2D eigenvalue weighted by Crippen LogP contribution is -2.01. The number of hydrogen-bond acceptors (Lipinski definition) is 5. The Labute approximate surface area is 149 Å². The van der Waals surface area contributed by atoms with Gasteiger partial charge in [-0.1, -0.05) is 25.1 Å². The maximum absolute atomic E-state index is 5.75. The second kappa shape index (κ2) is 8.03. The molecular weight excluding hydrogens is 340 g/mol. The summed E-state index contributed by atoms with van der Waals surface area (Å²) in [5, 5.41) is 13.6. The first-order chi connectivity index (χ1) is 11.8. The number of aromatic amines is 1. The summed E-state index contributed by atoms with van der Waals surface area (Å²) in [5.74, 6) is 1.60. The molecular formula is C17H18N4OS2. The number of rotatable bonds is 7. The fraction of sp³-hybridized carbons (Fsp3) is 0.235. The molecule has 2 heterocycles. The molecule has 0 saturated carbocycles. The summed E-state index contributed by atoms with van der Waals surface area (Å²) in [6.45, 7) is 2.76. The van der Waals surface area contributed by atoms with Crippen LogP contribution in [0, 0.1) is 4.77 Å². The Hall–Kier alpha value is -2.25. The van der Waals surface area contributed by atoms with Crippen molar-refractivity contribution in [3.8, 4) is 5.75 Å². The number of H-pyrrole nitrogens is 1. The third-order valence-corrected chi connectivity index (χ3v) is 4.46. The minimum absolute atomic E-state index is 0.477. The highest BCUT2D eigenvalue weighted by molar-refractivity contribution is 7.71. The van der Waals surface area contributed by atoms with E-state index in [2.05, 4.69) is 28.3 Å². The molecule has 0 saturated heterocycles. The average molecular weight is 358 g/mol. The van der Waals surface area contributed by atoms with Crippen molar-refractivity contribution in [2.45, 2.75) is 19.8 Å². The van der Waals surface area contributed by atoms with E-state index >= 15 is 0 Å². The van der Waals surface area contributed by atoms with Gasteiger partial charge < -0.3 is 4.74 Å². The van der Waals surface area contributed by atoms with Crippen LogP contribution in [0.15, 0.2) is 46.9 Å². The zero-order valence-corrected chi connectivity index (χ0v) is 14.9. The van der Waals surface area contributed by atoms with Crippen molar-refractivity contribution in [2.24, 2.45) is 5.10 Å². The lowest BCUT2D eigenvalue weighted by atomic mass is 10.2. The van der Waals surface area contributed by atoms with Gasteiger partial charge in [0, 0.05) is 16.9 Å². The second-order valence-corrected chi connectivity index (χ2v) is 6.56. The normalized spacial score (nSPS) is 11.2. The lowest BCUT2D eigenvalue weighted by molar-refractivity contribution is 0.317. The van der Waals surface area contributed by atoms with Crippen molar-refractivity contribution in [1.29, 1.82) is 0 Å². The molecule has 0 atom stereocenters. The zero-order valence-electron chi connectivity index (χ0n) is 13.3. The number of nitrogens with one attached hydrogen (secondary N) is 1. The Morgan fingerprint density at radius 1 is 1.33 bits per heavy atom. The van der Waals surface area contributed by atoms with Gasteiger partial charge in [-0.2, -0.15) is 14.9 Å². The van der Waals surface area contributed by atoms with Crippen molar-refractivity contribution in [2.75, 3.05) is 6.61 Å². The summed E-state index contributed by atoms with van der Waals surface area (Å²) in [5.41, 5.74) is 0.913. The van der Waals surface area contributed by atoms with Gasteiger partial charge >= 0.3 is 0 Å². The van der Waals surface area contributed by atoms with Crippen LogP contribution in [-0.2, 0) is 6.42 Å². The minimum Gasteiger partial charge on any atom is -0.493 e. The number of benzene rings is 1. The third kappa shape index (κ3) is 3.98. The molecule has 0 aliphatic heterocycles. The highest BCUT2D eigenvalue weighted by Crippen LogP contribution is 2.17. The van der Waals surface area contributed by atoms with Gasteiger partial charge in [-0.3, -0.25) is 5.10 Å². The van der Waals surface area contributed by atoms with Crippen LogP contribution in [0.5, 0.6) is 5.75 Å². The molecule has 1 aromatic carbocycles. The third-order valence-electron chi connectivity index (χ3n) is 3.32. The molecule has 2 aromatic heterocycles. The molecule has 0 spiro atoms. The predicted octanol–water partition coefficient (Wildman–Crippen LogP) is 4.26. The molecule has 24 heavy (non-hydrogen) atoms. The molecule has 0 fully saturated rings. The molecule has 7 heteroatoms. The Morgan fingerprint density at radius 3 is 3.00 bits per heavy atom. The summed E-state index contributed by atoms with van der Waals surface area (Å²) in [7, 11) is 0. The number of thiophene rings is 1. The molecule has 0 bridgehead atoms. The van der Waals surface area contributed by atoms with Crippen LogP contribution in [-0.4, -0.2) is 27.7 Å². The van der Waals surface area contributed by atoms with E-state index in [1.807, 2.05) is 35.7 Å². The number of hydrogen-bond donors (Lipinski definition) is 1. The van der Waals surface area contributed by atoms with E-state index in [1.54, 1.807) is 22.2 Å². The predicted molar refractivity (Wildman–Crippen MR) is 99.8 cm³/mol. The minimum atomic E-state index is 0.477. The largest absolute Gasteiger partial charge is 0.493 e. The number of aromatic nitrogens is 3. The van der Waals surface area contributed by atoms with Crippen molar-refractivity contribution >= 4 is 29.8 Å². The summed E-state index contributed by atoms with van der Waals surface area (Å²) >= 11 is 6.98. The van der Waals surface area contributed by atoms with Crippen molar-refractivity contribution in [3.63, 3.8) is 0 Å². The average Bonchev–Trinajstić information content (AvgIpc) is 3.23. The van der Waals surface area contributed by atoms with E-state index in [4.69, 9.17) is 17.0 Å². The van der Waals surface area contributed by atoms with Gasteiger partial charge in [-0.15, -0.1) is 11.3 Å². The maximum Gasteiger partial charge on any atom is 0.216 e. The van der Waals surface area contributed by atoms with Gasteiger partial charge in [0.25, 0.3) is 0 Å². The van der Waals surface area contributed by atoms with Crippen LogP contribution >= 0.6 is 23.6 Å². The SMILES string of the molecule is CCCOc1ccccc1/C=N\n1c(Cc2cccs2)n[nH]c1=S. The highest BCUT2D eigenvalue weighted by Gasteiger charge is 2.07. The Bertz CT molecular complexity index is 865. The smallest absolute Gasteiger partial charge is 0.216 e. The number of para-hydroxylation sites is 1. The maximum atomic E-state index is 5.75. The van der Waals surface area contributed by atoms with Gasteiger partial charge in [0.15, 0.2) is 5.82 Å². The van der Waals surface area contributed by atoms with E-state index in [-0.39, 0.29) is 0 Å². The molecule has 1 N–H and O–H groups in total. The molecule has 0 aliphatic rings. The molecule has 0 unspecified atom stereocenters. The molecule has 0 aliphatic carbocycles. The van der Waals surface area contributed by atoms with E-state index in [1.165, 1.54) is 4.88 Å². The Morgan fingerprint density at radius 2 is 2.21 bits per heavy atom. The molecule has 5 nitrogen and oxygen atoms in total. The van der Waals surface area contributed by atoms with Crippen LogP contribution in [0.1, 0.15) is 29.6 Å². The van der Waals surface area contributed by atoms with Crippen LogP contribution in [0.25, 0.3) is 0 Å². The standard InChI is InChI=1S/C17H18N4OS2/c1-2-9-22-15-8-4-3-6-13(15)12-18-21-16(19-20-17(21)23)11-14-7-5-10-24-14/h3-8,10,12H,2,9,11H2,1H3,(H,20,23)/b18-12-. The van der Waals surface area contributed by atoms with Gasteiger partial charge in [-0.25, -0.2) is 0 Å². The van der Waals surface area contributed by atoms with Crippen LogP contribution in [0.3, 0.4) is 0 Å². The Balaban J connectivity index is 1.85. The molecule has 124 valence electrons. The zero-order chi connectivity index (χ0) is 16.8. The van der Waals surface area contributed by atoms with E-state index in [0.717, 1.165) is 23.6 Å². The topological polar surface area (TPSA) is 55.2 Å². The van der Waals surface area contributed by atoms with Crippen LogP contribution in [0.4, 0.5) is 0 Å². The summed E-state index contributed by atoms with van der Waals surface area (Å²) < 4.78 is 7.89. The van der Waals surface area contributed by atoms with Crippen LogP contribution in [0.2, 0.25) is 0 Å². The molecule has 0 amide bonds. The second-order valence-electron chi connectivity index (χ2n) is 5.14. The van der Waals surface area contributed by atoms with Crippen molar-refractivity contribution in [3.05, 3.63) is 62.8 Å². The molecule has 3 rings (SSSR count). The highest BCUT2D eigenvalue weighted by atomic mass is 32.1. The van der Waals surface area contributed by atoms with Gasteiger partial charge in [0.2, 0.25) is 4.77 Å². The fourth-order valence-corrected chi connectivity index (χ4v) is 3.08. The Kier molecular flexibility index (Phi) is 5.55. The van der Waals surface area contributed by atoms with Crippen LogP contribution < -0.4 is 4.74 Å². The van der Waals surface area contributed by atoms with Crippen molar-refractivity contribution < 1.29 is 4.74 Å². The van der Waals surface area contributed by atoms with Gasteiger partial charge in [0.05, 0.1) is 12.8 Å². The van der Waals surface area contributed by atoms with E-state index in [9.17, 15) is 0 Å². The van der Waals surface area contributed by atoms with Gasteiger partial charge in [0.1, 0.15) is 5.75 Å². The first-order valence-corrected chi connectivity index (χ1v) is 9.01. The molecule has 0 radical (unpaired) electrons.